The highest BCUT2D eigenvalue weighted by molar-refractivity contribution is 6.03. The number of nitrogens with one attached hydrogen (secondary N) is 1. The molecule has 3 amide bonds. The summed E-state index contributed by atoms with van der Waals surface area (Å²) in [6.07, 6.45) is -1.35. The Morgan fingerprint density at radius 3 is 2.71 bits per heavy atom. The molecule has 0 spiro atoms. The third kappa shape index (κ3) is 1.88. The zero-order valence-corrected chi connectivity index (χ0v) is 8.58. The standard InChI is InChI=1S/C9H10N2O6/c12-2-4-5(13)6(14)7(17-4)3-1-10-9(16)11-8(3)15/h1,6-7,12-14H,2H2,(H2,10,11,15,16)/p+1/t6?,7-/m0/s1. The van der Waals surface area contributed by atoms with Crippen LogP contribution in [0.2, 0.25) is 0 Å². The number of carbonyl (C=O) groups excluding carboxylic acids is 2. The summed E-state index contributed by atoms with van der Waals surface area (Å²) in [5.74, 6) is -1.40. The number of ether oxygens (including phenoxy) is 1. The Hall–Kier alpha value is -1.90. The highest BCUT2D eigenvalue weighted by Crippen LogP contribution is 2.28. The van der Waals surface area contributed by atoms with Gasteiger partial charge in [0, 0.05) is 0 Å². The van der Waals surface area contributed by atoms with Gasteiger partial charge in [-0.05, 0) is 0 Å². The summed E-state index contributed by atoms with van der Waals surface area (Å²) in [5, 5.41) is 31.0. The highest BCUT2D eigenvalue weighted by atomic mass is 16.5. The van der Waals surface area contributed by atoms with Crippen LogP contribution in [0.3, 0.4) is 0 Å². The average molecular weight is 243 g/mol. The lowest BCUT2D eigenvalue weighted by molar-refractivity contribution is -0.484. The number of urea groups is 1. The molecule has 0 aromatic rings. The largest absolute Gasteiger partial charge is 0.506 e. The van der Waals surface area contributed by atoms with Crippen LogP contribution in [0.25, 0.3) is 0 Å². The monoisotopic (exact) mass is 243 g/mol. The molecule has 2 aliphatic rings. The molecule has 0 aromatic heterocycles. The number of hydrogen-bond donors (Lipinski definition) is 5. The van der Waals surface area contributed by atoms with Crippen molar-refractivity contribution in [1.29, 1.82) is 0 Å². The Kier molecular flexibility index (Phi) is 2.84. The van der Waals surface area contributed by atoms with Crippen molar-refractivity contribution in [3.8, 4) is 0 Å². The second-order valence-electron chi connectivity index (χ2n) is 3.56. The molecule has 2 aliphatic heterocycles. The van der Waals surface area contributed by atoms with E-state index < -0.39 is 36.5 Å². The number of carbonyl (C=O) groups is 2. The van der Waals surface area contributed by atoms with E-state index in [1.807, 2.05) is 5.32 Å². The van der Waals surface area contributed by atoms with Crippen molar-refractivity contribution < 1.29 is 35.0 Å². The van der Waals surface area contributed by atoms with Crippen molar-refractivity contribution in [3.05, 3.63) is 23.3 Å². The van der Waals surface area contributed by atoms with Crippen LogP contribution in [0, 0.1) is 0 Å². The van der Waals surface area contributed by atoms with Gasteiger partial charge >= 0.3 is 6.03 Å². The van der Waals surface area contributed by atoms with E-state index in [0.29, 0.717) is 0 Å². The number of hydrogen-bond acceptors (Lipinski definition) is 6. The van der Waals surface area contributed by atoms with Gasteiger partial charge in [0.1, 0.15) is 18.4 Å². The molecule has 0 bridgehead atoms. The third-order valence-electron chi connectivity index (χ3n) is 2.49. The Labute approximate surface area is 95.2 Å². The molecule has 1 unspecified atom stereocenters. The zero-order chi connectivity index (χ0) is 12.6. The summed E-state index contributed by atoms with van der Waals surface area (Å²) >= 11 is 0. The molecule has 2 rings (SSSR count). The summed E-state index contributed by atoms with van der Waals surface area (Å²) in [6.45, 7) is -0.586. The molecule has 17 heavy (non-hydrogen) atoms. The smallest absolute Gasteiger partial charge is 0.424 e. The molecule has 2 heterocycles. The van der Waals surface area contributed by atoms with Gasteiger partial charge in [-0.3, -0.25) is 4.79 Å². The van der Waals surface area contributed by atoms with Crippen molar-refractivity contribution in [2.75, 3.05) is 6.61 Å². The number of primary amides is 1. The summed E-state index contributed by atoms with van der Waals surface area (Å²) in [6, 6.07) is -0.564. The topological polar surface area (TPSA) is 133 Å². The minimum atomic E-state index is -1.43. The molecule has 0 radical (unpaired) electrons. The molecule has 0 aromatic carbocycles. The molecular weight excluding hydrogens is 232 g/mol. The molecule has 0 saturated carbocycles. The van der Waals surface area contributed by atoms with Gasteiger partial charge in [0.25, 0.3) is 5.91 Å². The first kappa shape index (κ1) is 11.6. The number of nitrogens with two attached hydrogens (primary N) is 1. The molecule has 0 aliphatic carbocycles. The molecule has 0 saturated heterocycles. The van der Waals surface area contributed by atoms with E-state index in [9.17, 15) is 19.8 Å². The first-order valence-corrected chi connectivity index (χ1v) is 4.82. The van der Waals surface area contributed by atoms with Crippen molar-refractivity contribution >= 4 is 11.9 Å². The average Bonchev–Trinajstić information content (AvgIpc) is 2.57. The molecular formula is C9H11N2O6+. The van der Waals surface area contributed by atoms with Crippen molar-refractivity contribution in [2.45, 2.75) is 12.2 Å². The molecule has 6 N–H and O–H groups in total. The van der Waals surface area contributed by atoms with Gasteiger partial charge in [-0.25, -0.2) is 15.4 Å². The molecule has 92 valence electrons. The second-order valence-corrected chi connectivity index (χ2v) is 3.56. The van der Waals surface area contributed by atoms with Gasteiger partial charge < -0.3 is 20.1 Å². The van der Waals surface area contributed by atoms with E-state index in [4.69, 9.17) is 9.84 Å². The molecule has 8 heteroatoms. The lowest BCUT2D eigenvalue weighted by Crippen LogP contribution is -2.88. The Morgan fingerprint density at radius 2 is 2.18 bits per heavy atom. The fourth-order valence-corrected chi connectivity index (χ4v) is 1.63. The molecule has 2 atom stereocenters. The fourth-order valence-electron chi connectivity index (χ4n) is 1.63. The minimum Gasteiger partial charge on any atom is -0.506 e. The second kappa shape index (κ2) is 4.17. The summed E-state index contributed by atoms with van der Waals surface area (Å²) < 4.78 is 5.05. The Bertz CT molecular complexity index is 441. The predicted molar refractivity (Wildman–Crippen MR) is 51.2 cm³/mol. The normalized spacial score (nSPS) is 28.9. The minimum absolute atomic E-state index is 0.00657. The first-order valence-electron chi connectivity index (χ1n) is 4.82. The maximum atomic E-state index is 11.5. The predicted octanol–water partition coefficient (Wildman–Crippen LogP) is -2.79. The molecule has 8 nitrogen and oxygen atoms in total. The van der Waals surface area contributed by atoms with E-state index in [2.05, 4.69) is 0 Å². The number of rotatable bonds is 2. The molecule has 0 fully saturated rings. The summed E-state index contributed by atoms with van der Waals surface area (Å²) in [5.41, 5.74) is 0.00657. The van der Waals surface area contributed by atoms with Gasteiger partial charge in [0.2, 0.25) is 0 Å². The summed E-state index contributed by atoms with van der Waals surface area (Å²) in [4.78, 5) is 22.3. The van der Waals surface area contributed by atoms with Gasteiger partial charge in [-0.2, -0.15) is 0 Å². The highest BCUT2D eigenvalue weighted by Gasteiger charge is 2.42. The number of imide groups is 1. The SMILES string of the molecule is O=C1NC(=O)C([C@@H]2OC(CO)=C(O)C2O)=C[NH2+]1. The number of aliphatic hydroxyl groups is 3. The van der Waals surface area contributed by atoms with E-state index in [1.165, 1.54) is 6.20 Å². The van der Waals surface area contributed by atoms with E-state index in [-0.39, 0.29) is 11.3 Å². The van der Waals surface area contributed by atoms with Crippen molar-refractivity contribution in [1.82, 2.24) is 5.32 Å². The lowest BCUT2D eigenvalue weighted by atomic mass is 10.0. The fraction of sp³-hybridized carbons (Fsp3) is 0.333. The van der Waals surface area contributed by atoms with Gasteiger partial charge in [-0.1, -0.05) is 0 Å². The zero-order valence-electron chi connectivity index (χ0n) is 8.58. The van der Waals surface area contributed by atoms with Crippen LogP contribution in [-0.4, -0.2) is 46.1 Å². The van der Waals surface area contributed by atoms with Crippen LogP contribution in [0.1, 0.15) is 0 Å². The number of amides is 3. The Balaban J connectivity index is 2.22. The lowest BCUT2D eigenvalue weighted by Gasteiger charge is -2.18. The number of aliphatic hydroxyl groups excluding tert-OH is 3. The van der Waals surface area contributed by atoms with Crippen LogP contribution >= 0.6 is 0 Å². The van der Waals surface area contributed by atoms with Crippen LogP contribution in [0.5, 0.6) is 0 Å². The van der Waals surface area contributed by atoms with Crippen molar-refractivity contribution in [3.63, 3.8) is 0 Å². The number of quaternary nitrogens is 1. The van der Waals surface area contributed by atoms with Crippen LogP contribution in [0.15, 0.2) is 23.3 Å². The first-order chi connectivity index (χ1) is 8.04. The van der Waals surface area contributed by atoms with Crippen LogP contribution in [0.4, 0.5) is 4.79 Å². The maximum Gasteiger partial charge on any atom is 0.424 e. The van der Waals surface area contributed by atoms with Gasteiger partial charge in [0.05, 0.1) is 0 Å². The van der Waals surface area contributed by atoms with Gasteiger partial charge in [0.15, 0.2) is 23.7 Å². The van der Waals surface area contributed by atoms with E-state index >= 15 is 0 Å². The van der Waals surface area contributed by atoms with E-state index in [0.717, 1.165) is 5.32 Å². The third-order valence-corrected chi connectivity index (χ3v) is 2.49. The summed E-state index contributed by atoms with van der Waals surface area (Å²) in [7, 11) is 0. The van der Waals surface area contributed by atoms with E-state index in [1.54, 1.807) is 0 Å². The van der Waals surface area contributed by atoms with Crippen LogP contribution < -0.4 is 10.6 Å². The van der Waals surface area contributed by atoms with Gasteiger partial charge in [-0.15, -0.1) is 0 Å². The van der Waals surface area contributed by atoms with Crippen molar-refractivity contribution in [2.24, 2.45) is 0 Å². The Morgan fingerprint density at radius 1 is 1.47 bits per heavy atom. The van der Waals surface area contributed by atoms with Crippen LogP contribution in [-0.2, 0) is 9.53 Å². The quantitative estimate of drug-likeness (QED) is 0.356. The maximum absolute atomic E-state index is 11.5.